The van der Waals surface area contributed by atoms with Gasteiger partial charge < -0.3 is 5.32 Å². The molecule has 1 N–H and O–H groups in total. The largest absolute Gasteiger partial charge is 0.355 e. The van der Waals surface area contributed by atoms with Gasteiger partial charge in [-0.1, -0.05) is 24.3 Å². The van der Waals surface area contributed by atoms with Crippen LogP contribution in [-0.2, 0) is 4.79 Å². The molecule has 1 aliphatic heterocycles. The third-order valence-corrected chi connectivity index (χ3v) is 4.47. The van der Waals surface area contributed by atoms with E-state index in [4.69, 9.17) is 0 Å². The van der Waals surface area contributed by atoms with Crippen molar-refractivity contribution in [3.8, 4) is 0 Å². The number of nitrogens with one attached hydrogen (secondary N) is 1. The highest BCUT2D eigenvalue weighted by atomic mass is 19.1. The number of benzene rings is 2. The molecule has 134 valence electrons. The van der Waals surface area contributed by atoms with Gasteiger partial charge in [-0.05, 0) is 47.5 Å². The van der Waals surface area contributed by atoms with Crippen molar-refractivity contribution in [3.05, 3.63) is 90.0 Å². The number of hydrazone groups is 1. The molecule has 1 unspecified atom stereocenters. The third kappa shape index (κ3) is 3.69. The van der Waals surface area contributed by atoms with Crippen molar-refractivity contribution in [2.24, 2.45) is 5.10 Å². The second-order valence-electron chi connectivity index (χ2n) is 6.25. The number of rotatable bonds is 5. The molecular formula is C21H17FN4O. The molecule has 5 nitrogen and oxygen atoms in total. The molecule has 3 aromatic rings. The zero-order chi connectivity index (χ0) is 18.6. The number of carbonyl (C=O) groups is 1. The standard InChI is InChI=1S/C21H17FN4O/c22-17-6-4-15(5-7-17)21-13-20(25-26(21)14-27)16-2-1-3-19(12-16)24-18-8-10-23-11-9-18/h1-12,14,21H,13H2,(H,23,24). The van der Waals surface area contributed by atoms with Crippen molar-refractivity contribution in [2.75, 3.05) is 5.32 Å². The van der Waals surface area contributed by atoms with E-state index in [1.165, 1.54) is 17.1 Å². The van der Waals surface area contributed by atoms with Crippen LogP contribution in [0.25, 0.3) is 0 Å². The van der Waals surface area contributed by atoms with Gasteiger partial charge in [-0.25, -0.2) is 9.40 Å². The molecule has 1 atom stereocenters. The fourth-order valence-electron chi connectivity index (χ4n) is 3.13. The van der Waals surface area contributed by atoms with Crippen LogP contribution in [0.4, 0.5) is 15.8 Å². The maximum absolute atomic E-state index is 13.2. The van der Waals surface area contributed by atoms with E-state index < -0.39 is 0 Å². The first-order valence-corrected chi connectivity index (χ1v) is 8.57. The fraction of sp³-hybridized carbons (Fsp3) is 0.0952. The Morgan fingerprint density at radius 3 is 2.56 bits per heavy atom. The van der Waals surface area contributed by atoms with E-state index in [-0.39, 0.29) is 11.9 Å². The van der Waals surface area contributed by atoms with E-state index in [0.29, 0.717) is 12.8 Å². The molecule has 1 aromatic heterocycles. The number of hydrogen-bond donors (Lipinski definition) is 1. The smallest absolute Gasteiger partial charge is 0.230 e. The molecule has 4 rings (SSSR count). The van der Waals surface area contributed by atoms with Gasteiger partial charge >= 0.3 is 0 Å². The minimum atomic E-state index is -0.301. The van der Waals surface area contributed by atoms with Gasteiger partial charge in [0.15, 0.2) is 0 Å². The first kappa shape index (κ1) is 16.9. The molecule has 1 amide bonds. The Balaban J connectivity index is 1.57. The summed E-state index contributed by atoms with van der Waals surface area (Å²) >= 11 is 0. The van der Waals surface area contributed by atoms with E-state index >= 15 is 0 Å². The normalized spacial score (nSPS) is 16.1. The molecular weight excluding hydrogens is 343 g/mol. The van der Waals surface area contributed by atoms with Gasteiger partial charge in [0.1, 0.15) is 5.82 Å². The molecule has 27 heavy (non-hydrogen) atoms. The lowest BCUT2D eigenvalue weighted by Gasteiger charge is -2.17. The van der Waals surface area contributed by atoms with Crippen molar-refractivity contribution in [2.45, 2.75) is 12.5 Å². The Bertz CT molecular complexity index is 973. The molecule has 0 saturated heterocycles. The van der Waals surface area contributed by atoms with Crippen molar-refractivity contribution in [1.82, 2.24) is 9.99 Å². The summed E-state index contributed by atoms with van der Waals surface area (Å²) in [6.07, 6.45) is 4.73. The van der Waals surface area contributed by atoms with Crippen LogP contribution in [0.5, 0.6) is 0 Å². The molecule has 6 heteroatoms. The third-order valence-electron chi connectivity index (χ3n) is 4.47. The van der Waals surface area contributed by atoms with Crippen LogP contribution in [0, 0.1) is 5.82 Å². The predicted octanol–water partition coefficient (Wildman–Crippen LogP) is 4.27. The maximum atomic E-state index is 13.2. The lowest BCUT2D eigenvalue weighted by molar-refractivity contribution is -0.119. The average molecular weight is 360 g/mol. The summed E-state index contributed by atoms with van der Waals surface area (Å²) in [6.45, 7) is 0. The lowest BCUT2D eigenvalue weighted by atomic mass is 9.98. The van der Waals surface area contributed by atoms with Crippen LogP contribution in [0.3, 0.4) is 0 Å². The Morgan fingerprint density at radius 1 is 1.04 bits per heavy atom. The zero-order valence-electron chi connectivity index (χ0n) is 14.4. The van der Waals surface area contributed by atoms with E-state index in [1.54, 1.807) is 24.5 Å². The fourth-order valence-corrected chi connectivity index (χ4v) is 3.13. The summed E-state index contributed by atoms with van der Waals surface area (Å²) in [5, 5.41) is 9.17. The molecule has 2 heterocycles. The second-order valence-corrected chi connectivity index (χ2v) is 6.25. The summed E-state index contributed by atoms with van der Waals surface area (Å²) < 4.78 is 13.2. The van der Waals surface area contributed by atoms with Crippen LogP contribution < -0.4 is 5.32 Å². The minimum Gasteiger partial charge on any atom is -0.355 e. The van der Waals surface area contributed by atoms with E-state index in [2.05, 4.69) is 15.4 Å². The van der Waals surface area contributed by atoms with Crippen LogP contribution >= 0.6 is 0 Å². The first-order chi connectivity index (χ1) is 13.2. The Kier molecular flexibility index (Phi) is 4.61. The summed E-state index contributed by atoms with van der Waals surface area (Å²) in [6, 6.07) is 17.6. The monoisotopic (exact) mass is 360 g/mol. The quantitative estimate of drug-likeness (QED) is 0.691. The van der Waals surface area contributed by atoms with Crippen molar-refractivity contribution in [3.63, 3.8) is 0 Å². The molecule has 1 aliphatic rings. The minimum absolute atomic E-state index is 0.227. The SMILES string of the molecule is O=CN1N=C(c2cccc(Nc3ccncc3)c2)CC1c1ccc(F)cc1. The highest BCUT2D eigenvalue weighted by Gasteiger charge is 2.28. The number of pyridine rings is 1. The summed E-state index contributed by atoms with van der Waals surface area (Å²) in [5.41, 5.74) is 4.46. The number of aromatic nitrogens is 1. The van der Waals surface area contributed by atoms with Crippen molar-refractivity contribution >= 4 is 23.5 Å². The number of carbonyl (C=O) groups excluding carboxylic acids is 1. The summed E-state index contributed by atoms with van der Waals surface area (Å²) in [4.78, 5) is 15.5. The lowest BCUT2D eigenvalue weighted by Crippen LogP contribution is -2.17. The van der Waals surface area contributed by atoms with Crippen LogP contribution in [-0.4, -0.2) is 22.1 Å². The molecule has 0 radical (unpaired) electrons. The van der Waals surface area contributed by atoms with Crippen molar-refractivity contribution in [1.29, 1.82) is 0 Å². The molecule has 0 fully saturated rings. The summed E-state index contributed by atoms with van der Waals surface area (Å²) in [7, 11) is 0. The number of hydrogen-bond acceptors (Lipinski definition) is 4. The highest BCUT2D eigenvalue weighted by Crippen LogP contribution is 2.32. The van der Waals surface area contributed by atoms with E-state index in [9.17, 15) is 9.18 Å². The molecule has 0 aliphatic carbocycles. The van der Waals surface area contributed by atoms with Crippen molar-refractivity contribution < 1.29 is 9.18 Å². The van der Waals surface area contributed by atoms with Crippen LogP contribution in [0.1, 0.15) is 23.6 Å². The topological polar surface area (TPSA) is 57.6 Å². The molecule has 0 saturated carbocycles. The predicted molar refractivity (Wildman–Crippen MR) is 102 cm³/mol. The highest BCUT2D eigenvalue weighted by molar-refractivity contribution is 6.03. The van der Waals surface area contributed by atoms with Gasteiger partial charge in [-0.15, -0.1) is 0 Å². The van der Waals surface area contributed by atoms with Gasteiger partial charge in [0, 0.05) is 30.2 Å². The van der Waals surface area contributed by atoms with Crippen LogP contribution in [0.15, 0.2) is 78.2 Å². The number of nitrogens with zero attached hydrogens (tertiary/aromatic N) is 3. The van der Waals surface area contributed by atoms with Gasteiger partial charge in [0.2, 0.25) is 6.41 Å². The maximum Gasteiger partial charge on any atom is 0.230 e. The average Bonchev–Trinajstić information content (AvgIpc) is 3.14. The van der Waals surface area contributed by atoms with E-state index in [1.807, 2.05) is 36.4 Å². The molecule has 0 bridgehead atoms. The van der Waals surface area contributed by atoms with Gasteiger partial charge in [0.25, 0.3) is 0 Å². The second kappa shape index (κ2) is 7.37. The molecule has 2 aromatic carbocycles. The number of halogens is 1. The Hall–Kier alpha value is -3.54. The number of anilines is 2. The Morgan fingerprint density at radius 2 is 1.81 bits per heavy atom. The zero-order valence-corrected chi connectivity index (χ0v) is 14.4. The molecule has 0 spiro atoms. The van der Waals surface area contributed by atoms with Gasteiger partial charge in [0.05, 0.1) is 11.8 Å². The first-order valence-electron chi connectivity index (χ1n) is 8.57. The Labute approximate surface area is 156 Å². The van der Waals surface area contributed by atoms with Gasteiger partial charge in [-0.2, -0.15) is 5.10 Å². The van der Waals surface area contributed by atoms with Gasteiger partial charge in [-0.3, -0.25) is 9.78 Å². The van der Waals surface area contributed by atoms with E-state index in [0.717, 1.165) is 28.2 Å². The van der Waals surface area contributed by atoms with Crippen LogP contribution in [0.2, 0.25) is 0 Å². The summed E-state index contributed by atoms with van der Waals surface area (Å²) in [5.74, 6) is -0.301. The number of amides is 1.